The number of H-pyrrole nitrogens is 1. The molecule has 1 saturated heterocycles. The fraction of sp³-hybridized carbons (Fsp3) is 0.323. The average molecular weight is 699 g/mol. The molecule has 1 aromatic carbocycles. The van der Waals surface area contributed by atoms with Gasteiger partial charge in [-0.1, -0.05) is 11.6 Å². The zero-order valence-corrected chi connectivity index (χ0v) is 27.4. The lowest BCUT2D eigenvalue weighted by Gasteiger charge is -2.35. The molecule has 1 fully saturated rings. The summed E-state index contributed by atoms with van der Waals surface area (Å²) >= 11 is 6.45. The summed E-state index contributed by atoms with van der Waals surface area (Å²) in [6.07, 6.45) is -1.55. The van der Waals surface area contributed by atoms with Crippen molar-refractivity contribution in [3.05, 3.63) is 71.2 Å². The molecule has 6 rings (SSSR count). The molecule has 0 atom stereocenters. The maximum absolute atomic E-state index is 14.1. The predicted octanol–water partition coefficient (Wildman–Crippen LogP) is 5.16. The van der Waals surface area contributed by atoms with Crippen LogP contribution in [-0.2, 0) is 18.0 Å². The van der Waals surface area contributed by atoms with E-state index in [-0.39, 0.29) is 58.2 Å². The number of hydrogen-bond donors (Lipinski definition) is 2. The molecule has 2 N–H and O–H groups in total. The van der Waals surface area contributed by atoms with E-state index in [0.29, 0.717) is 24.3 Å². The van der Waals surface area contributed by atoms with Gasteiger partial charge in [0.15, 0.2) is 23.0 Å². The van der Waals surface area contributed by atoms with Crippen molar-refractivity contribution in [3.63, 3.8) is 0 Å². The van der Waals surface area contributed by atoms with Crippen LogP contribution in [0.4, 0.5) is 23.7 Å². The summed E-state index contributed by atoms with van der Waals surface area (Å²) < 4.78 is 50.0. The maximum atomic E-state index is 14.1. The van der Waals surface area contributed by atoms with Gasteiger partial charge in [0.2, 0.25) is 0 Å². The number of nitrogens with zero attached hydrogens (tertiary/aromatic N) is 8. The van der Waals surface area contributed by atoms with Crippen LogP contribution in [0.15, 0.2) is 49.1 Å². The second-order valence-corrected chi connectivity index (χ2v) is 12.6. The third kappa shape index (κ3) is 6.92. The van der Waals surface area contributed by atoms with Crippen LogP contribution < -0.4 is 5.32 Å². The quantitative estimate of drug-likeness (QED) is 0.255. The molecule has 3 amide bonds. The molecule has 18 heteroatoms. The van der Waals surface area contributed by atoms with Crippen molar-refractivity contribution in [2.24, 2.45) is 7.05 Å². The SMILES string of the molecule is Cn1c(-c2cn(-c3ccc4[nH]cnc4n3)nc2C(F)(F)F)cnc1C(=O)Nc1ccc(C(=O)N2CCN(C(=O)OC(C)(C)C)CC2)c(Cl)c1. The van der Waals surface area contributed by atoms with E-state index >= 15 is 0 Å². The number of rotatable bonds is 5. The first-order valence-corrected chi connectivity index (χ1v) is 15.3. The highest BCUT2D eigenvalue weighted by molar-refractivity contribution is 6.34. The molecule has 49 heavy (non-hydrogen) atoms. The van der Waals surface area contributed by atoms with Gasteiger partial charge in [-0.3, -0.25) is 9.59 Å². The number of carbonyl (C=O) groups excluding carboxylic acids is 3. The van der Waals surface area contributed by atoms with Gasteiger partial charge < -0.3 is 29.4 Å². The largest absolute Gasteiger partial charge is 0.444 e. The summed E-state index contributed by atoms with van der Waals surface area (Å²) in [4.78, 5) is 57.1. The number of ether oxygens (including phenoxy) is 1. The monoisotopic (exact) mass is 698 g/mol. The van der Waals surface area contributed by atoms with Crippen molar-refractivity contribution in [2.45, 2.75) is 32.5 Å². The average Bonchev–Trinajstić information content (AvgIpc) is 3.78. The fourth-order valence-corrected chi connectivity index (χ4v) is 5.50. The molecule has 5 heterocycles. The summed E-state index contributed by atoms with van der Waals surface area (Å²) in [6.45, 7) is 6.47. The number of aromatic nitrogens is 7. The lowest BCUT2D eigenvalue weighted by molar-refractivity contribution is -0.140. The number of halogens is 4. The first kappa shape index (κ1) is 33.5. The van der Waals surface area contributed by atoms with Crippen LogP contribution in [0.1, 0.15) is 47.4 Å². The predicted molar refractivity (Wildman–Crippen MR) is 171 cm³/mol. The molecular weight excluding hydrogens is 669 g/mol. The Bertz CT molecular complexity index is 2070. The van der Waals surface area contributed by atoms with Crippen molar-refractivity contribution in [1.29, 1.82) is 0 Å². The normalized spacial score (nSPS) is 14.0. The Hall–Kier alpha value is -5.45. The number of amides is 3. The van der Waals surface area contributed by atoms with E-state index < -0.39 is 29.5 Å². The van der Waals surface area contributed by atoms with E-state index in [9.17, 15) is 27.6 Å². The Kier molecular flexibility index (Phi) is 8.56. The van der Waals surface area contributed by atoms with Gasteiger partial charge in [-0.05, 0) is 51.1 Å². The second kappa shape index (κ2) is 12.5. The Morgan fingerprint density at radius 1 is 1.00 bits per heavy atom. The number of piperazine rings is 1. The van der Waals surface area contributed by atoms with Crippen LogP contribution in [0.5, 0.6) is 0 Å². The molecule has 0 saturated carbocycles. The molecule has 5 aromatic rings. The number of hydrogen-bond acceptors (Lipinski definition) is 8. The number of fused-ring (bicyclic) bond motifs is 1. The van der Waals surface area contributed by atoms with Gasteiger partial charge in [-0.15, -0.1) is 0 Å². The van der Waals surface area contributed by atoms with Crippen LogP contribution >= 0.6 is 11.6 Å². The number of aromatic amines is 1. The van der Waals surface area contributed by atoms with Gasteiger partial charge in [0.1, 0.15) is 5.60 Å². The minimum Gasteiger partial charge on any atom is -0.444 e. The molecule has 1 aliphatic heterocycles. The summed E-state index contributed by atoms with van der Waals surface area (Å²) in [6, 6.07) is 7.45. The van der Waals surface area contributed by atoms with Gasteiger partial charge in [0, 0.05) is 45.1 Å². The van der Waals surface area contributed by atoms with Gasteiger partial charge in [0.25, 0.3) is 11.8 Å². The number of anilines is 1. The van der Waals surface area contributed by atoms with Gasteiger partial charge in [-0.2, -0.15) is 18.3 Å². The van der Waals surface area contributed by atoms with Gasteiger partial charge >= 0.3 is 12.3 Å². The first-order chi connectivity index (χ1) is 23.1. The van der Waals surface area contributed by atoms with Crippen LogP contribution in [0.3, 0.4) is 0 Å². The van der Waals surface area contributed by atoms with Crippen LogP contribution in [-0.4, -0.2) is 93.8 Å². The van der Waals surface area contributed by atoms with E-state index in [1.807, 2.05) is 0 Å². The molecule has 0 bridgehead atoms. The molecule has 4 aromatic heterocycles. The van der Waals surface area contributed by atoms with E-state index in [4.69, 9.17) is 16.3 Å². The molecule has 0 aliphatic carbocycles. The second-order valence-electron chi connectivity index (χ2n) is 12.2. The number of carbonyl (C=O) groups is 3. The summed E-state index contributed by atoms with van der Waals surface area (Å²) in [5.41, 5.74) is -0.825. The molecule has 256 valence electrons. The zero-order chi connectivity index (χ0) is 35.2. The lowest BCUT2D eigenvalue weighted by Crippen LogP contribution is -2.51. The highest BCUT2D eigenvalue weighted by Crippen LogP contribution is 2.37. The van der Waals surface area contributed by atoms with Crippen molar-refractivity contribution in [2.75, 3.05) is 31.5 Å². The van der Waals surface area contributed by atoms with Gasteiger partial charge in [0.05, 0.1) is 39.9 Å². The molecule has 0 radical (unpaired) electrons. The van der Waals surface area contributed by atoms with Crippen LogP contribution in [0.2, 0.25) is 5.02 Å². The number of benzene rings is 1. The van der Waals surface area contributed by atoms with Gasteiger partial charge in [-0.25, -0.2) is 24.4 Å². The highest BCUT2D eigenvalue weighted by atomic mass is 35.5. The minimum atomic E-state index is -4.83. The Balaban J connectivity index is 1.16. The summed E-state index contributed by atoms with van der Waals surface area (Å²) in [5, 5.41) is 6.45. The topological polar surface area (TPSA) is 156 Å². The third-order valence-electron chi connectivity index (χ3n) is 7.63. The third-order valence-corrected chi connectivity index (χ3v) is 7.94. The molecule has 0 unspecified atom stereocenters. The Morgan fingerprint density at radius 3 is 2.39 bits per heavy atom. The maximum Gasteiger partial charge on any atom is 0.435 e. The number of nitrogens with one attached hydrogen (secondary N) is 2. The van der Waals surface area contributed by atoms with E-state index in [0.717, 1.165) is 17.1 Å². The van der Waals surface area contributed by atoms with E-state index in [1.165, 1.54) is 47.1 Å². The molecule has 0 spiro atoms. The standard InChI is InChI=1S/C31H30ClF3N10O4/c1-30(2,3)49-29(48)44-11-9-43(10-12-44)28(47)18-6-5-17(13-20(18)32)39-27(46)26-36-14-22(42(26)4)19-15-45(41-24(19)31(33,34)35)23-8-7-21-25(40-23)38-16-37-21/h5-8,13-16H,9-12H2,1-4H3,(H,39,46)(H,37,38,40). The van der Waals surface area contributed by atoms with E-state index in [1.54, 1.807) is 31.7 Å². The fourth-order valence-electron chi connectivity index (χ4n) is 5.24. The summed E-state index contributed by atoms with van der Waals surface area (Å²) in [5.74, 6) is -1.15. The molecule has 1 aliphatic rings. The number of alkyl halides is 3. The molecule has 14 nitrogen and oxygen atoms in total. The van der Waals surface area contributed by atoms with Crippen molar-refractivity contribution in [3.8, 4) is 17.1 Å². The van der Waals surface area contributed by atoms with Crippen molar-refractivity contribution in [1.82, 2.24) is 44.1 Å². The van der Waals surface area contributed by atoms with E-state index in [2.05, 4.69) is 30.4 Å². The van der Waals surface area contributed by atoms with Crippen LogP contribution in [0.25, 0.3) is 28.2 Å². The van der Waals surface area contributed by atoms with Crippen LogP contribution in [0, 0.1) is 0 Å². The first-order valence-electron chi connectivity index (χ1n) is 15.0. The van der Waals surface area contributed by atoms with Crippen molar-refractivity contribution < 1.29 is 32.3 Å². The zero-order valence-electron chi connectivity index (χ0n) is 26.7. The summed E-state index contributed by atoms with van der Waals surface area (Å²) in [7, 11) is 1.40. The number of pyridine rings is 1. The molecular formula is C31H30ClF3N10O4. The highest BCUT2D eigenvalue weighted by Gasteiger charge is 2.39. The Labute approximate surface area is 281 Å². The number of imidazole rings is 2. The van der Waals surface area contributed by atoms with Crippen molar-refractivity contribution >= 4 is 46.4 Å². The Morgan fingerprint density at radius 2 is 1.71 bits per heavy atom. The lowest BCUT2D eigenvalue weighted by atomic mass is 10.1. The minimum absolute atomic E-state index is 0.0182. The smallest absolute Gasteiger partial charge is 0.435 e.